The van der Waals surface area contributed by atoms with Crippen molar-refractivity contribution in [1.82, 2.24) is 9.88 Å². The maximum absolute atomic E-state index is 12.4. The SMILES string of the molecule is O=C(Nc1nc2ccccc2s1)N1CCCCC1CCO. The van der Waals surface area contributed by atoms with Gasteiger partial charge in [0.1, 0.15) is 0 Å². The van der Waals surface area contributed by atoms with Crippen molar-refractivity contribution in [2.75, 3.05) is 18.5 Å². The molecule has 1 aromatic carbocycles. The first-order valence-electron chi connectivity index (χ1n) is 7.32. The second kappa shape index (κ2) is 6.41. The number of benzene rings is 1. The van der Waals surface area contributed by atoms with Crippen molar-refractivity contribution in [3.63, 3.8) is 0 Å². The Balaban J connectivity index is 1.72. The average molecular weight is 305 g/mol. The number of hydrogen-bond donors (Lipinski definition) is 2. The molecule has 6 heteroatoms. The van der Waals surface area contributed by atoms with Gasteiger partial charge in [-0.3, -0.25) is 5.32 Å². The normalized spacial score (nSPS) is 18.9. The van der Waals surface area contributed by atoms with Gasteiger partial charge in [-0.2, -0.15) is 0 Å². The van der Waals surface area contributed by atoms with Gasteiger partial charge in [0, 0.05) is 19.2 Å². The molecular weight excluding hydrogens is 286 g/mol. The molecule has 0 radical (unpaired) electrons. The maximum atomic E-state index is 12.4. The Kier molecular flexibility index (Phi) is 4.36. The minimum atomic E-state index is -0.104. The van der Waals surface area contributed by atoms with Gasteiger partial charge in [-0.05, 0) is 37.8 Å². The zero-order valence-corrected chi connectivity index (χ0v) is 12.6. The predicted octanol–water partition coefficient (Wildman–Crippen LogP) is 3.07. The number of likely N-dealkylation sites (tertiary alicyclic amines) is 1. The summed E-state index contributed by atoms with van der Waals surface area (Å²) in [6, 6.07) is 7.88. The number of thiazole rings is 1. The van der Waals surface area contributed by atoms with Crippen molar-refractivity contribution in [1.29, 1.82) is 0 Å². The molecule has 0 spiro atoms. The van der Waals surface area contributed by atoms with Crippen molar-refractivity contribution < 1.29 is 9.90 Å². The molecule has 5 nitrogen and oxygen atoms in total. The second-order valence-corrected chi connectivity index (χ2v) is 6.30. The van der Waals surface area contributed by atoms with Crippen LogP contribution < -0.4 is 5.32 Å². The van der Waals surface area contributed by atoms with E-state index in [-0.39, 0.29) is 18.7 Å². The molecule has 21 heavy (non-hydrogen) atoms. The number of aromatic nitrogens is 1. The second-order valence-electron chi connectivity index (χ2n) is 5.27. The highest BCUT2D eigenvalue weighted by molar-refractivity contribution is 7.22. The first kappa shape index (κ1) is 14.3. The lowest BCUT2D eigenvalue weighted by molar-refractivity contribution is 0.141. The van der Waals surface area contributed by atoms with Gasteiger partial charge >= 0.3 is 6.03 Å². The number of aliphatic hydroxyl groups excluding tert-OH is 1. The van der Waals surface area contributed by atoms with E-state index in [1.54, 1.807) is 0 Å². The summed E-state index contributed by atoms with van der Waals surface area (Å²) in [5.41, 5.74) is 0.906. The van der Waals surface area contributed by atoms with Crippen LogP contribution in [-0.2, 0) is 0 Å². The van der Waals surface area contributed by atoms with E-state index in [0.29, 0.717) is 11.6 Å². The van der Waals surface area contributed by atoms with Gasteiger partial charge in [0.25, 0.3) is 0 Å². The molecule has 1 fully saturated rings. The first-order chi connectivity index (χ1) is 10.3. The molecule has 1 aliphatic heterocycles. The molecule has 0 saturated carbocycles. The first-order valence-corrected chi connectivity index (χ1v) is 8.13. The topological polar surface area (TPSA) is 65.5 Å². The highest BCUT2D eigenvalue weighted by atomic mass is 32.1. The number of carbonyl (C=O) groups excluding carboxylic acids is 1. The van der Waals surface area contributed by atoms with Crippen LogP contribution in [0, 0.1) is 0 Å². The van der Waals surface area contributed by atoms with Crippen LogP contribution in [-0.4, -0.2) is 40.2 Å². The van der Waals surface area contributed by atoms with Crippen LogP contribution in [0.1, 0.15) is 25.7 Å². The van der Waals surface area contributed by atoms with E-state index in [4.69, 9.17) is 5.11 Å². The fourth-order valence-corrected chi connectivity index (χ4v) is 3.66. The Labute approximate surface area is 127 Å². The number of hydrogen-bond acceptors (Lipinski definition) is 4. The Morgan fingerprint density at radius 3 is 3.10 bits per heavy atom. The summed E-state index contributed by atoms with van der Waals surface area (Å²) in [5, 5.41) is 12.7. The summed E-state index contributed by atoms with van der Waals surface area (Å²) in [5.74, 6) is 0. The van der Waals surface area contributed by atoms with Gasteiger partial charge in [0.05, 0.1) is 10.2 Å². The number of nitrogens with zero attached hydrogens (tertiary/aromatic N) is 2. The van der Waals surface area contributed by atoms with Crippen molar-refractivity contribution in [3.05, 3.63) is 24.3 Å². The number of amides is 2. The zero-order chi connectivity index (χ0) is 14.7. The summed E-state index contributed by atoms with van der Waals surface area (Å²) in [6.45, 7) is 0.872. The molecule has 1 aromatic heterocycles. The molecule has 2 aromatic rings. The third kappa shape index (κ3) is 3.16. The summed E-state index contributed by atoms with van der Waals surface area (Å²) >= 11 is 1.49. The summed E-state index contributed by atoms with van der Waals surface area (Å²) in [4.78, 5) is 18.7. The number of anilines is 1. The van der Waals surface area contributed by atoms with E-state index >= 15 is 0 Å². The molecule has 0 bridgehead atoms. The Hall–Kier alpha value is -1.66. The minimum Gasteiger partial charge on any atom is -0.396 e. The van der Waals surface area contributed by atoms with Crippen molar-refractivity contribution in [3.8, 4) is 0 Å². The molecule has 0 aliphatic carbocycles. The number of fused-ring (bicyclic) bond motifs is 1. The van der Waals surface area contributed by atoms with Crippen LogP contribution in [0.4, 0.5) is 9.93 Å². The zero-order valence-electron chi connectivity index (χ0n) is 11.8. The van der Waals surface area contributed by atoms with Crippen LogP contribution in [0.2, 0.25) is 0 Å². The van der Waals surface area contributed by atoms with Crippen molar-refractivity contribution in [2.24, 2.45) is 0 Å². The smallest absolute Gasteiger partial charge is 0.323 e. The van der Waals surface area contributed by atoms with E-state index in [1.807, 2.05) is 29.2 Å². The fraction of sp³-hybridized carbons (Fsp3) is 0.467. The molecule has 2 amide bonds. The Morgan fingerprint density at radius 2 is 2.29 bits per heavy atom. The van der Waals surface area contributed by atoms with Gasteiger partial charge in [-0.1, -0.05) is 23.5 Å². The lowest BCUT2D eigenvalue weighted by Gasteiger charge is -2.35. The molecular formula is C15H19N3O2S. The monoisotopic (exact) mass is 305 g/mol. The molecule has 3 rings (SSSR count). The molecule has 1 saturated heterocycles. The van der Waals surface area contributed by atoms with Gasteiger partial charge in [-0.25, -0.2) is 9.78 Å². The van der Waals surface area contributed by atoms with Gasteiger partial charge < -0.3 is 10.0 Å². The largest absolute Gasteiger partial charge is 0.396 e. The molecule has 2 heterocycles. The minimum absolute atomic E-state index is 0.104. The summed E-state index contributed by atoms with van der Waals surface area (Å²) in [6.07, 6.45) is 3.76. The number of rotatable bonds is 3. The fourth-order valence-electron chi connectivity index (χ4n) is 2.81. The summed E-state index contributed by atoms with van der Waals surface area (Å²) < 4.78 is 1.07. The highest BCUT2D eigenvalue weighted by Gasteiger charge is 2.26. The number of aliphatic hydroxyl groups is 1. The summed E-state index contributed by atoms with van der Waals surface area (Å²) in [7, 11) is 0. The number of piperidine rings is 1. The molecule has 1 atom stereocenters. The number of urea groups is 1. The molecule has 2 N–H and O–H groups in total. The number of nitrogens with one attached hydrogen (secondary N) is 1. The lowest BCUT2D eigenvalue weighted by atomic mass is 10.0. The van der Waals surface area contributed by atoms with Gasteiger partial charge in [-0.15, -0.1) is 0 Å². The highest BCUT2D eigenvalue weighted by Crippen LogP contribution is 2.26. The molecule has 1 aliphatic rings. The van der Waals surface area contributed by atoms with Crippen LogP contribution in [0.15, 0.2) is 24.3 Å². The Bertz CT molecular complexity index is 593. The Morgan fingerprint density at radius 1 is 1.43 bits per heavy atom. The van der Waals surface area contributed by atoms with Crippen LogP contribution in [0.5, 0.6) is 0 Å². The van der Waals surface area contributed by atoms with Crippen molar-refractivity contribution in [2.45, 2.75) is 31.7 Å². The van der Waals surface area contributed by atoms with Gasteiger partial charge in [0.2, 0.25) is 0 Å². The van der Waals surface area contributed by atoms with E-state index in [9.17, 15) is 4.79 Å². The third-order valence-corrected chi connectivity index (χ3v) is 4.81. The number of carbonyl (C=O) groups is 1. The van der Waals surface area contributed by atoms with E-state index in [2.05, 4.69) is 10.3 Å². The van der Waals surface area contributed by atoms with Crippen LogP contribution >= 0.6 is 11.3 Å². The molecule has 1 unspecified atom stereocenters. The molecule has 112 valence electrons. The maximum Gasteiger partial charge on any atom is 0.323 e. The van der Waals surface area contributed by atoms with E-state index in [0.717, 1.165) is 36.0 Å². The van der Waals surface area contributed by atoms with Crippen molar-refractivity contribution >= 4 is 32.7 Å². The van der Waals surface area contributed by atoms with Crippen LogP contribution in [0.25, 0.3) is 10.2 Å². The lowest BCUT2D eigenvalue weighted by Crippen LogP contribution is -2.46. The predicted molar refractivity (Wildman–Crippen MR) is 84.7 cm³/mol. The third-order valence-electron chi connectivity index (χ3n) is 3.86. The van der Waals surface area contributed by atoms with E-state index < -0.39 is 0 Å². The van der Waals surface area contributed by atoms with Gasteiger partial charge in [0.15, 0.2) is 5.13 Å². The standard InChI is InChI=1S/C15H19N3O2S/c19-10-8-11-5-3-4-9-18(11)15(20)17-14-16-12-6-1-2-7-13(12)21-14/h1-2,6-7,11,19H,3-5,8-10H2,(H,16,17,20). The van der Waals surface area contributed by atoms with Crippen LogP contribution in [0.3, 0.4) is 0 Å². The quantitative estimate of drug-likeness (QED) is 0.916. The van der Waals surface area contributed by atoms with E-state index in [1.165, 1.54) is 11.3 Å². The number of para-hydroxylation sites is 1. The average Bonchev–Trinajstić information content (AvgIpc) is 2.90.